The molecule has 1 fully saturated rings. The summed E-state index contributed by atoms with van der Waals surface area (Å²) in [6.45, 7) is 0.780. The molecule has 0 aromatic rings. The van der Waals surface area contributed by atoms with Gasteiger partial charge in [-0.3, -0.25) is 10.2 Å². The van der Waals surface area contributed by atoms with Crippen molar-refractivity contribution in [3.05, 3.63) is 0 Å². The van der Waals surface area contributed by atoms with Crippen molar-refractivity contribution in [3.63, 3.8) is 0 Å². The van der Waals surface area contributed by atoms with Crippen molar-refractivity contribution in [1.82, 2.24) is 5.43 Å². The summed E-state index contributed by atoms with van der Waals surface area (Å²) in [5.41, 5.74) is 2.11. The molecule has 3 N–H and O–H groups in total. The van der Waals surface area contributed by atoms with Crippen LogP contribution in [0.25, 0.3) is 0 Å². The third kappa shape index (κ3) is 4.24. The Morgan fingerprint density at radius 2 is 2.23 bits per heavy atom. The summed E-state index contributed by atoms with van der Waals surface area (Å²) in [7, 11) is 0. The molecule has 4 heteroatoms. The quantitative estimate of drug-likeness (QED) is 0.278. The molecule has 0 radical (unpaired) electrons. The van der Waals surface area contributed by atoms with Gasteiger partial charge in [0.2, 0.25) is 5.91 Å². The van der Waals surface area contributed by atoms with Gasteiger partial charge in [0, 0.05) is 13.0 Å². The van der Waals surface area contributed by atoms with Gasteiger partial charge in [-0.25, -0.2) is 5.84 Å². The number of amides is 1. The Kier molecular flexibility index (Phi) is 4.78. The van der Waals surface area contributed by atoms with E-state index in [1.54, 1.807) is 0 Å². The van der Waals surface area contributed by atoms with Crippen LogP contribution >= 0.6 is 0 Å². The fourth-order valence-corrected chi connectivity index (χ4v) is 1.25. The van der Waals surface area contributed by atoms with E-state index in [-0.39, 0.29) is 5.91 Å². The van der Waals surface area contributed by atoms with Crippen LogP contribution in [0, 0.1) is 0 Å². The van der Waals surface area contributed by atoms with E-state index in [4.69, 9.17) is 10.6 Å². The molecule has 0 unspecified atom stereocenters. The van der Waals surface area contributed by atoms with Crippen LogP contribution in [0.4, 0.5) is 0 Å². The lowest BCUT2D eigenvalue weighted by Gasteiger charge is -2.25. The van der Waals surface area contributed by atoms with E-state index < -0.39 is 0 Å². The second kappa shape index (κ2) is 5.94. The van der Waals surface area contributed by atoms with Gasteiger partial charge in [-0.05, 0) is 32.1 Å². The Bertz CT molecular complexity index is 158. The fraction of sp³-hybridized carbons (Fsp3) is 0.889. The lowest BCUT2D eigenvalue weighted by atomic mass is 9.96. The van der Waals surface area contributed by atoms with Crippen molar-refractivity contribution >= 4 is 5.91 Å². The first-order chi connectivity index (χ1) is 6.33. The Balaban J connectivity index is 1.80. The lowest BCUT2D eigenvalue weighted by Crippen LogP contribution is -2.29. The maximum absolute atomic E-state index is 10.7. The zero-order chi connectivity index (χ0) is 9.52. The molecule has 76 valence electrons. The number of nitrogens with two attached hydrogens (primary N) is 1. The summed E-state index contributed by atoms with van der Waals surface area (Å²) in [5.74, 6) is 4.84. The maximum Gasteiger partial charge on any atom is 0.233 e. The molecule has 1 amide bonds. The van der Waals surface area contributed by atoms with Crippen molar-refractivity contribution < 1.29 is 9.53 Å². The first kappa shape index (κ1) is 10.5. The molecule has 0 aromatic heterocycles. The molecule has 13 heavy (non-hydrogen) atoms. The second-order valence-electron chi connectivity index (χ2n) is 3.45. The highest BCUT2D eigenvalue weighted by Gasteiger charge is 2.16. The Morgan fingerprint density at radius 1 is 1.46 bits per heavy atom. The Hall–Kier alpha value is -0.610. The normalized spacial score (nSPS) is 16.7. The highest BCUT2D eigenvalue weighted by molar-refractivity contribution is 5.74. The molecule has 0 atom stereocenters. The summed E-state index contributed by atoms with van der Waals surface area (Å²) in [6.07, 6.45) is 6.54. The second-order valence-corrected chi connectivity index (χ2v) is 3.45. The molecule has 1 saturated carbocycles. The molecule has 1 aliphatic rings. The topological polar surface area (TPSA) is 64.3 Å². The van der Waals surface area contributed by atoms with E-state index in [1.165, 1.54) is 19.3 Å². The number of carbonyl (C=O) groups excluding carboxylic acids is 1. The zero-order valence-corrected chi connectivity index (χ0v) is 7.92. The molecule has 1 aliphatic carbocycles. The van der Waals surface area contributed by atoms with Gasteiger partial charge in [-0.15, -0.1) is 0 Å². The predicted molar refractivity (Wildman–Crippen MR) is 49.8 cm³/mol. The number of unbranched alkanes of at least 4 members (excludes halogenated alkanes) is 1. The first-order valence-corrected chi connectivity index (χ1v) is 4.94. The van der Waals surface area contributed by atoms with Crippen molar-refractivity contribution in [1.29, 1.82) is 0 Å². The van der Waals surface area contributed by atoms with Crippen molar-refractivity contribution in [3.8, 4) is 0 Å². The number of nitrogens with one attached hydrogen (secondary N) is 1. The SMILES string of the molecule is NNC(=O)CCCCOC1CCC1. The number of hydrazine groups is 1. The number of ether oxygens (including phenoxy) is 1. The van der Waals surface area contributed by atoms with Gasteiger partial charge in [-0.1, -0.05) is 0 Å². The Labute approximate surface area is 78.8 Å². The lowest BCUT2D eigenvalue weighted by molar-refractivity contribution is -0.121. The molecule has 0 bridgehead atoms. The Morgan fingerprint density at radius 3 is 2.77 bits per heavy atom. The maximum atomic E-state index is 10.7. The summed E-state index contributed by atoms with van der Waals surface area (Å²) < 4.78 is 5.53. The van der Waals surface area contributed by atoms with Gasteiger partial charge >= 0.3 is 0 Å². The standard InChI is InChI=1S/C9H18N2O2/c10-11-9(12)6-1-2-7-13-8-4-3-5-8/h8H,1-7,10H2,(H,11,12). The van der Waals surface area contributed by atoms with Crippen LogP contribution in [0.15, 0.2) is 0 Å². The molecular formula is C9H18N2O2. The molecule has 0 saturated heterocycles. The smallest absolute Gasteiger partial charge is 0.233 e. The van der Waals surface area contributed by atoms with Crippen LogP contribution in [0.2, 0.25) is 0 Å². The third-order valence-corrected chi connectivity index (χ3v) is 2.36. The van der Waals surface area contributed by atoms with E-state index in [9.17, 15) is 4.79 Å². The summed E-state index contributed by atoms with van der Waals surface area (Å²) in [4.78, 5) is 10.7. The van der Waals surface area contributed by atoms with E-state index in [2.05, 4.69) is 5.43 Å². The van der Waals surface area contributed by atoms with Crippen molar-refractivity contribution in [2.45, 2.75) is 44.6 Å². The zero-order valence-electron chi connectivity index (χ0n) is 7.92. The van der Waals surface area contributed by atoms with Crippen LogP contribution < -0.4 is 11.3 Å². The van der Waals surface area contributed by atoms with Crippen LogP contribution in [-0.2, 0) is 9.53 Å². The minimum absolute atomic E-state index is 0.0938. The summed E-state index contributed by atoms with van der Waals surface area (Å²) in [6, 6.07) is 0. The van der Waals surface area contributed by atoms with Crippen molar-refractivity contribution in [2.24, 2.45) is 5.84 Å². The average Bonchev–Trinajstić information content (AvgIpc) is 2.07. The van der Waals surface area contributed by atoms with E-state index in [1.807, 2.05) is 0 Å². The molecular weight excluding hydrogens is 168 g/mol. The largest absolute Gasteiger partial charge is 0.378 e. The van der Waals surface area contributed by atoms with Crippen LogP contribution in [0.1, 0.15) is 38.5 Å². The fourth-order valence-electron chi connectivity index (χ4n) is 1.25. The molecule has 0 spiro atoms. The summed E-state index contributed by atoms with van der Waals surface area (Å²) >= 11 is 0. The van der Waals surface area contributed by atoms with Crippen molar-refractivity contribution in [2.75, 3.05) is 6.61 Å². The minimum Gasteiger partial charge on any atom is -0.378 e. The van der Waals surface area contributed by atoms with E-state index >= 15 is 0 Å². The number of hydrogen-bond acceptors (Lipinski definition) is 3. The monoisotopic (exact) mass is 186 g/mol. The van der Waals surface area contributed by atoms with Crippen LogP contribution in [0.3, 0.4) is 0 Å². The van der Waals surface area contributed by atoms with Gasteiger partial charge in [0.05, 0.1) is 6.10 Å². The van der Waals surface area contributed by atoms with Gasteiger partial charge in [0.15, 0.2) is 0 Å². The minimum atomic E-state index is -0.0938. The molecule has 0 aromatic carbocycles. The van der Waals surface area contributed by atoms with Gasteiger partial charge in [0.1, 0.15) is 0 Å². The van der Waals surface area contributed by atoms with Crippen LogP contribution in [0.5, 0.6) is 0 Å². The number of rotatable bonds is 6. The summed E-state index contributed by atoms with van der Waals surface area (Å²) in [5, 5.41) is 0. The number of hydrogen-bond donors (Lipinski definition) is 2. The molecule has 0 aliphatic heterocycles. The van der Waals surface area contributed by atoms with E-state index in [0.29, 0.717) is 12.5 Å². The highest BCUT2D eigenvalue weighted by atomic mass is 16.5. The molecule has 1 rings (SSSR count). The third-order valence-electron chi connectivity index (χ3n) is 2.36. The van der Waals surface area contributed by atoms with E-state index in [0.717, 1.165) is 19.4 Å². The average molecular weight is 186 g/mol. The predicted octanol–water partition coefficient (Wildman–Crippen LogP) is 0.716. The molecule has 4 nitrogen and oxygen atoms in total. The number of carbonyl (C=O) groups is 1. The molecule has 0 heterocycles. The van der Waals surface area contributed by atoms with Gasteiger partial charge in [-0.2, -0.15) is 0 Å². The van der Waals surface area contributed by atoms with Crippen LogP contribution in [-0.4, -0.2) is 18.6 Å². The highest BCUT2D eigenvalue weighted by Crippen LogP contribution is 2.21. The van der Waals surface area contributed by atoms with Gasteiger partial charge in [0.25, 0.3) is 0 Å². The van der Waals surface area contributed by atoms with Gasteiger partial charge < -0.3 is 4.74 Å². The first-order valence-electron chi connectivity index (χ1n) is 4.94.